The smallest absolute Gasteiger partial charge is 0.164 e. The third-order valence-corrected chi connectivity index (χ3v) is 11.6. The zero-order valence-electron chi connectivity index (χ0n) is 26.7. The Balaban J connectivity index is 1.26. The van der Waals surface area contributed by atoms with E-state index in [0.29, 0.717) is 17.5 Å². The van der Waals surface area contributed by atoms with Crippen LogP contribution in [0.15, 0.2) is 164 Å². The lowest BCUT2D eigenvalue weighted by Gasteiger charge is -2.17. The lowest BCUT2D eigenvalue weighted by Crippen LogP contribution is -2.01. The van der Waals surface area contributed by atoms with Crippen molar-refractivity contribution < 1.29 is 0 Å². The summed E-state index contributed by atoms with van der Waals surface area (Å²) in [5.41, 5.74) is 7.41. The van der Waals surface area contributed by atoms with Gasteiger partial charge >= 0.3 is 0 Å². The van der Waals surface area contributed by atoms with Gasteiger partial charge in [0.1, 0.15) is 0 Å². The highest BCUT2D eigenvalue weighted by Crippen LogP contribution is 2.44. The molecule has 0 amide bonds. The summed E-state index contributed by atoms with van der Waals surface area (Å²) in [5.74, 6) is 1.95. The standard InChI is InChI=1S/C45H27N3S2/c1-3-12-28(13-4-1)43-46-44(29-14-5-2-6-15-29)48-45(47-43)36-19-11-18-32(30-23-25-40-37(26-30)34-17-8-10-21-39(34)49-40)42(36)31-22-24-35-33-16-7-9-20-38(33)50-41(35)27-31/h1-27H. The van der Waals surface area contributed by atoms with Crippen molar-refractivity contribution in [3.8, 4) is 56.4 Å². The Labute approximate surface area is 296 Å². The number of hydrogen-bond acceptors (Lipinski definition) is 5. The van der Waals surface area contributed by atoms with E-state index >= 15 is 0 Å². The molecule has 10 rings (SSSR count). The zero-order valence-corrected chi connectivity index (χ0v) is 28.4. The molecule has 7 aromatic carbocycles. The van der Waals surface area contributed by atoms with E-state index in [2.05, 4.69) is 127 Å². The van der Waals surface area contributed by atoms with Gasteiger partial charge in [0.15, 0.2) is 17.5 Å². The Hall–Kier alpha value is -6.01. The van der Waals surface area contributed by atoms with E-state index in [1.807, 2.05) is 59.1 Å². The molecule has 0 N–H and O–H groups in total. The Kier molecular flexibility index (Phi) is 6.86. The molecule has 0 atom stereocenters. The lowest BCUT2D eigenvalue weighted by atomic mass is 9.89. The molecule has 0 bridgehead atoms. The van der Waals surface area contributed by atoms with Gasteiger partial charge in [-0.15, -0.1) is 22.7 Å². The Bertz CT molecular complexity index is 2810. The van der Waals surface area contributed by atoms with Crippen LogP contribution in [-0.4, -0.2) is 15.0 Å². The van der Waals surface area contributed by atoms with Crippen molar-refractivity contribution in [2.75, 3.05) is 0 Å². The van der Waals surface area contributed by atoms with Gasteiger partial charge in [-0.2, -0.15) is 0 Å². The normalized spacial score (nSPS) is 11.6. The number of hydrogen-bond donors (Lipinski definition) is 0. The molecule has 50 heavy (non-hydrogen) atoms. The van der Waals surface area contributed by atoms with Gasteiger partial charge in [-0.3, -0.25) is 0 Å². The van der Waals surface area contributed by atoms with Gasteiger partial charge in [-0.05, 0) is 47.0 Å². The average molecular weight is 674 g/mol. The maximum Gasteiger partial charge on any atom is 0.164 e. The molecule has 0 aliphatic rings. The maximum absolute atomic E-state index is 5.18. The van der Waals surface area contributed by atoms with Crippen molar-refractivity contribution in [2.24, 2.45) is 0 Å². The number of rotatable bonds is 5. The molecule has 3 nitrogen and oxygen atoms in total. The summed E-state index contributed by atoms with van der Waals surface area (Å²) < 4.78 is 5.14. The number of thiophene rings is 2. The second-order valence-electron chi connectivity index (χ2n) is 12.4. The second kappa shape index (κ2) is 11.8. The molecular weight excluding hydrogens is 647 g/mol. The minimum Gasteiger partial charge on any atom is -0.208 e. The Morgan fingerprint density at radius 1 is 0.300 bits per heavy atom. The average Bonchev–Trinajstić information content (AvgIpc) is 3.75. The molecule has 3 heterocycles. The van der Waals surface area contributed by atoms with Gasteiger partial charge in [-0.25, -0.2) is 15.0 Å². The predicted molar refractivity (Wildman–Crippen MR) is 213 cm³/mol. The molecule has 0 aliphatic heterocycles. The first-order valence-electron chi connectivity index (χ1n) is 16.6. The number of benzene rings is 7. The van der Waals surface area contributed by atoms with Crippen LogP contribution in [-0.2, 0) is 0 Å². The van der Waals surface area contributed by atoms with Gasteiger partial charge in [-0.1, -0.05) is 133 Å². The summed E-state index contributed by atoms with van der Waals surface area (Å²) in [4.78, 5) is 15.3. The van der Waals surface area contributed by atoms with E-state index in [-0.39, 0.29) is 0 Å². The van der Waals surface area contributed by atoms with Crippen molar-refractivity contribution in [3.05, 3.63) is 164 Å². The van der Waals surface area contributed by atoms with Crippen molar-refractivity contribution in [1.82, 2.24) is 15.0 Å². The van der Waals surface area contributed by atoms with Crippen LogP contribution in [0.2, 0.25) is 0 Å². The molecule has 10 aromatic rings. The van der Waals surface area contributed by atoms with Crippen molar-refractivity contribution in [1.29, 1.82) is 0 Å². The summed E-state index contributed by atoms with van der Waals surface area (Å²) in [7, 11) is 0. The molecule has 0 fully saturated rings. The molecule has 3 aromatic heterocycles. The van der Waals surface area contributed by atoms with Gasteiger partial charge < -0.3 is 0 Å². The lowest BCUT2D eigenvalue weighted by molar-refractivity contribution is 1.07. The Morgan fingerprint density at radius 2 is 0.820 bits per heavy atom. The first-order chi connectivity index (χ1) is 24.8. The molecular formula is C45H27N3S2. The van der Waals surface area contributed by atoms with E-state index in [1.165, 1.54) is 40.3 Å². The fourth-order valence-electron chi connectivity index (χ4n) is 6.99. The van der Waals surface area contributed by atoms with Crippen molar-refractivity contribution >= 4 is 63.0 Å². The minimum atomic E-state index is 0.646. The van der Waals surface area contributed by atoms with Gasteiger partial charge in [0, 0.05) is 62.6 Å². The topological polar surface area (TPSA) is 38.7 Å². The summed E-state index contributed by atoms with van der Waals surface area (Å²) in [6.45, 7) is 0. The monoisotopic (exact) mass is 673 g/mol. The number of fused-ring (bicyclic) bond motifs is 6. The Morgan fingerprint density at radius 3 is 1.52 bits per heavy atom. The first kappa shape index (κ1) is 29.0. The number of nitrogens with zero attached hydrogens (tertiary/aromatic N) is 3. The molecule has 0 radical (unpaired) electrons. The SMILES string of the molecule is c1ccc(-c2nc(-c3ccccc3)nc(-c3cccc(-c4ccc5sc6ccccc6c5c4)c3-c3ccc4c(c3)sc3ccccc34)n2)cc1. The van der Waals surface area contributed by atoms with Crippen LogP contribution in [0.5, 0.6) is 0 Å². The fraction of sp³-hybridized carbons (Fsp3) is 0. The largest absolute Gasteiger partial charge is 0.208 e. The van der Waals surface area contributed by atoms with Crippen LogP contribution in [0.4, 0.5) is 0 Å². The van der Waals surface area contributed by atoms with Crippen molar-refractivity contribution in [2.45, 2.75) is 0 Å². The van der Waals surface area contributed by atoms with Gasteiger partial charge in [0.25, 0.3) is 0 Å². The highest BCUT2D eigenvalue weighted by atomic mass is 32.1. The van der Waals surface area contributed by atoms with Crippen LogP contribution in [0.25, 0.3) is 96.8 Å². The quantitative estimate of drug-likeness (QED) is 0.182. The summed E-state index contributed by atoms with van der Waals surface area (Å²) in [6, 6.07) is 58.0. The highest BCUT2D eigenvalue weighted by molar-refractivity contribution is 7.26. The highest BCUT2D eigenvalue weighted by Gasteiger charge is 2.20. The molecule has 0 saturated heterocycles. The molecule has 0 aliphatic carbocycles. The first-order valence-corrected chi connectivity index (χ1v) is 18.2. The van der Waals surface area contributed by atoms with Gasteiger partial charge in [0.05, 0.1) is 0 Å². The van der Waals surface area contributed by atoms with Crippen LogP contribution < -0.4 is 0 Å². The fourth-order valence-corrected chi connectivity index (χ4v) is 9.23. The van der Waals surface area contributed by atoms with Crippen LogP contribution in [0, 0.1) is 0 Å². The predicted octanol–water partition coefficient (Wildman–Crippen LogP) is 12.9. The minimum absolute atomic E-state index is 0.646. The van der Waals surface area contributed by atoms with Gasteiger partial charge in [0.2, 0.25) is 0 Å². The number of aromatic nitrogens is 3. The molecule has 0 unspecified atom stereocenters. The van der Waals surface area contributed by atoms with Crippen LogP contribution in [0.3, 0.4) is 0 Å². The molecule has 0 saturated carbocycles. The summed E-state index contributed by atoms with van der Waals surface area (Å²) in [6.07, 6.45) is 0. The van der Waals surface area contributed by atoms with Crippen LogP contribution in [0.1, 0.15) is 0 Å². The third-order valence-electron chi connectivity index (χ3n) is 9.36. The summed E-state index contributed by atoms with van der Waals surface area (Å²) >= 11 is 3.68. The van der Waals surface area contributed by atoms with E-state index < -0.39 is 0 Å². The zero-order chi connectivity index (χ0) is 33.0. The third kappa shape index (κ3) is 4.90. The summed E-state index contributed by atoms with van der Waals surface area (Å²) in [5, 5.41) is 5.13. The molecule has 0 spiro atoms. The van der Waals surface area contributed by atoms with E-state index in [4.69, 9.17) is 15.0 Å². The van der Waals surface area contributed by atoms with Crippen molar-refractivity contribution in [3.63, 3.8) is 0 Å². The second-order valence-corrected chi connectivity index (χ2v) is 14.6. The van der Waals surface area contributed by atoms with Crippen LogP contribution >= 0.6 is 22.7 Å². The van der Waals surface area contributed by atoms with E-state index in [0.717, 1.165) is 38.9 Å². The van der Waals surface area contributed by atoms with E-state index in [1.54, 1.807) is 0 Å². The molecule has 5 heteroatoms. The van der Waals surface area contributed by atoms with E-state index in [9.17, 15) is 0 Å². The molecule has 234 valence electrons. The maximum atomic E-state index is 5.18.